The van der Waals surface area contributed by atoms with Gasteiger partial charge in [0.2, 0.25) is 0 Å². The van der Waals surface area contributed by atoms with Crippen LogP contribution in [0.15, 0.2) is 17.6 Å². The molecule has 2 aromatic rings. The number of carboxylic acid groups (broad SMARTS) is 1. The van der Waals surface area contributed by atoms with Crippen molar-refractivity contribution in [2.75, 3.05) is 6.54 Å². The lowest BCUT2D eigenvalue weighted by Crippen LogP contribution is -2.39. The third-order valence-corrected chi connectivity index (χ3v) is 5.02. The van der Waals surface area contributed by atoms with Crippen LogP contribution in [0, 0.1) is 0 Å². The van der Waals surface area contributed by atoms with Gasteiger partial charge in [-0.05, 0) is 23.4 Å². The zero-order valence-electron chi connectivity index (χ0n) is 10.9. The molecule has 0 bridgehead atoms. The molecule has 3 heterocycles. The number of hydrogen-bond acceptors (Lipinski definition) is 4. The van der Waals surface area contributed by atoms with Crippen molar-refractivity contribution in [3.63, 3.8) is 0 Å². The highest BCUT2D eigenvalue weighted by Crippen LogP contribution is 2.34. The molecule has 0 saturated heterocycles. The third kappa shape index (κ3) is 2.24. The molecule has 1 aliphatic heterocycles. The summed E-state index contributed by atoms with van der Waals surface area (Å²) in [5.41, 5.74) is 0.911. The molecule has 2 aromatic heterocycles. The highest BCUT2D eigenvalue weighted by atomic mass is 35.5. The van der Waals surface area contributed by atoms with Crippen molar-refractivity contribution >= 4 is 28.9 Å². The van der Waals surface area contributed by atoms with E-state index in [0.717, 1.165) is 24.4 Å². The van der Waals surface area contributed by atoms with Crippen LogP contribution in [0.1, 0.15) is 22.3 Å². The van der Waals surface area contributed by atoms with Crippen molar-refractivity contribution < 1.29 is 9.90 Å². The lowest BCUT2D eigenvalue weighted by molar-refractivity contribution is -0.144. The van der Waals surface area contributed by atoms with E-state index in [9.17, 15) is 9.90 Å². The molecule has 0 aliphatic carbocycles. The first-order valence-corrected chi connectivity index (χ1v) is 7.53. The van der Waals surface area contributed by atoms with E-state index >= 15 is 0 Å². The average molecular weight is 312 g/mol. The van der Waals surface area contributed by atoms with E-state index in [1.807, 2.05) is 23.4 Å². The number of carboxylic acids is 1. The maximum Gasteiger partial charge on any atom is 0.325 e. The predicted molar refractivity (Wildman–Crippen MR) is 77.0 cm³/mol. The van der Waals surface area contributed by atoms with Crippen molar-refractivity contribution in [2.24, 2.45) is 7.05 Å². The zero-order chi connectivity index (χ0) is 14.3. The topological polar surface area (TPSA) is 58.4 Å². The van der Waals surface area contributed by atoms with Crippen LogP contribution in [0.4, 0.5) is 0 Å². The number of nitrogens with zero attached hydrogens (tertiary/aromatic N) is 3. The molecule has 0 spiro atoms. The van der Waals surface area contributed by atoms with Crippen LogP contribution in [0.5, 0.6) is 0 Å². The van der Waals surface area contributed by atoms with Gasteiger partial charge < -0.3 is 9.67 Å². The van der Waals surface area contributed by atoms with E-state index in [-0.39, 0.29) is 0 Å². The van der Waals surface area contributed by atoms with Crippen LogP contribution >= 0.6 is 22.9 Å². The van der Waals surface area contributed by atoms with E-state index in [4.69, 9.17) is 11.6 Å². The first-order valence-electron chi connectivity index (χ1n) is 6.27. The van der Waals surface area contributed by atoms with E-state index in [0.29, 0.717) is 11.7 Å². The largest absolute Gasteiger partial charge is 0.480 e. The Labute approximate surface area is 125 Å². The van der Waals surface area contributed by atoms with Crippen molar-refractivity contribution in [2.45, 2.75) is 19.0 Å². The number of hydrogen-bond donors (Lipinski definition) is 1. The second-order valence-electron chi connectivity index (χ2n) is 4.82. The average Bonchev–Trinajstić information content (AvgIpc) is 2.99. The first kappa shape index (κ1) is 13.6. The van der Waals surface area contributed by atoms with Crippen molar-refractivity contribution in [3.8, 4) is 0 Å². The van der Waals surface area contributed by atoms with Gasteiger partial charge in [0.15, 0.2) is 0 Å². The number of carbonyl (C=O) groups is 1. The summed E-state index contributed by atoms with van der Waals surface area (Å²) in [7, 11) is 1.83. The zero-order valence-corrected chi connectivity index (χ0v) is 12.5. The SMILES string of the molecule is Cn1c(Cl)cnc1CN1CCc2sccc2C1C(=O)O. The fraction of sp³-hybridized carbons (Fsp3) is 0.385. The lowest BCUT2D eigenvalue weighted by Gasteiger charge is -2.32. The molecular formula is C13H14ClN3O2S. The van der Waals surface area contributed by atoms with Gasteiger partial charge in [-0.25, -0.2) is 4.98 Å². The molecule has 1 unspecified atom stereocenters. The molecule has 0 amide bonds. The maximum absolute atomic E-state index is 11.6. The summed E-state index contributed by atoms with van der Waals surface area (Å²) in [6, 6.07) is 1.32. The van der Waals surface area contributed by atoms with E-state index < -0.39 is 12.0 Å². The Kier molecular flexibility index (Phi) is 3.54. The lowest BCUT2D eigenvalue weighted by atomic mass is 10.00. The molecule has 1 N–H and O–H groups in total. The van der Waals surface area contributed by atoms with E-state index in [1.165, 1.54) is 4.88 Å². The number of rotatable bonds is 3. The van der Waals surface area contributed by atoms with E-state index in [2.05, 4.69) is 4.98 Å². The molecule has 0 fully saturated rings. The number of halogens is 1. The Morgan fingerprint density at radius 3 is 3.10 bits per heavy atom. The fourth-order valence-corrected chi connectivity index (χ4v) is 3.63. The summed E-state index contributed by atoms with van der Waals surface area (Å²) in [4.78, 5) is 19.0. The van der Waals surface area contributed by atoms with Gasteiger partial charge in [-0.2, -0.15) is 0 Å². The molecule has 1 atom stereocenters. The molecular weight excluding hydrogens is 298 g/mol. The monoisotopic (exact) mass is 311 g/mol. The molecule has 1 aliphatic rings. The minimum Gasteiger partial charge on any atom is -0.480 e. The minimum absolute atomic E-state index is 0.482. The fourth-order valence-electron chi connectivity index (χ4n) is 2.58. The van der Waals surface area contributed by atoms with Crippen LogP contribution in [-0.4, -0.2) is 32.1 Å². The third-order valence-electron chi connectivity index (χ3n) is 3.67. The van der Waals surface area contributed by atoms with Crippen molar-refractivity contribution in [3.05, 3.63) is 39.1 Å². The Bertz CT molecular complexity index is 652. The second kappa shape index (κ2) is 5.20. The minimum atomic E-state index is -0.815. The predicted octanol–water partition coefficient (Wildman–Crippen LogP) is 2.32. The van der Waals surface area contributed by atoms with Crippen LogP contribution < -0.4 is 0 Å². The van der Waals surface area contributed by atoms with Crippen molar-refractivity contribution in [1.29, 1.82) is 0 Å². The molecule has 20 heavy (non-hydrogen) atoms. The van der Waals surface area contributed by atoms with Crippen LogP contribution in [-0.2, 0) is 24.8 Å². The molecule has 5 nitrogen and oxygen atoms in total. The Balaban J connectivity index is 1.90. The van der Waals surface area contributed by atoms with Gasteiger partial charge in [-0.3, -0.25) is 9.69 Å². The Hall–Kier alpha value is -1.37. The number of thiophene rings is 1. The maximum atomic E-state index is 11.6. The molecule has 0 radical (unpaired) electrons. The van der Waals surface area contributed by atoms with Crippen molar-refractivity contribution in [1.82, 2.24) is 14.5 Å². The highest BCUT2D eigenvalue weighted by Gasteiger charge is 2.34. The Morgan fingerprint density at radius 2 is 2.45 bits per heavy atom. The van der Waals surface area contributed by atoms with Crippen LogP contribution in [0.3, 0.4) is 0 Å². The van der Waals surface area contributed by atoms with Gasteiger partial charge >= 0.3 is 5.97 Å². The van der Waals surface area contributed by atoms with Gasteiger partial charge in [-0.1, -0.05) is 11.6 Å². The normalized spacial score (nSPS) is 19.0. The van der Waals surface area contributed by atoms with Gasteiger partial charge in [0.25, 0.3) is 0 Å². The van der Waals surface area contributed by atoms with Gasteiger partial charge in [0.05, 0.1) is 12.7 Å². The quantitative estimate of drug-likeness (QED) is 0.945. The smallest absolute Gasteiger partial charge is 0.325 e. The summed E-state index contributed by atoms with van der Waals surface area (Å²) in [5, 5.41) is 12.1. The summed E-state index contributed by atoms with van der Waals surface area (Å²) in [6.45, 7) is 1.20. The molecule has 7 heteroatoms. The summed E-state index contributed by atoms with van der Waals surface area (Å²) in [5.74, 6) is -0.0374. The van der Waals surface area contributed by atoms with Crippen LogP contribution in [0.2, 0.25) is 5.15 Å². The summed E-state index contributed by atoms with van der Waals surface area (Å²) in [6.07, 6.45) is 2.47. The second-order valence-corrected chi connectivity index (χ2v) is 6.20. The van der Waals surface area contributed by atoms with E-state index in [1.54, 1.807) is 22.1 Å². The molecule has 0 aromatic carbocycles. The van der Waals surface area contributed by atoms with Gasteiger partial charge in [0, 0.05) is 18.5 Å². The number of aromatic nitrogens is 2. The number of imidazole rings is 1. The highest BCUT2D eigenvalue weighted by molar-refractivity contribution is 7.10. The first-order chi connectivity index (χ1) is 9.58. The summed E-state index contributed by atoms with van der Waals surface area (Å²) < 4.78 is 1.78. The number of aliphatic carboxylic acids is 1. The number of fused-ring (bicyclic) bond motifs is 1. The van der Waals surface area contributed by atoms with Gasteiger partial charge in [-0.15, -0.1) is 11.3 Å². The summed E-state index contributed by atoms with van der Waals surface area (Å²) >= 11 is 7.61. The molecule has 3 rings (SSSR count). The molecule has 106 valence electrons. The Morgan fingerprint density at radius 1 is 1.65 bits per heavy atom. The molecule has 0 saturated carbocycles. The van der Waals surface area contributed by atoms with Crippen LogP contribution in [0.25, 0.3) is 0 Å². The standard InChI is InChI=1S/C13H14ClN3O2S/c1-16-10(14)6-15-11(16)7-17-4-2-9-8(3-5-20-9)12(17)13(18)19/h3,5-6,12H,2,4,7H2,1H3,(H,18,19). The van der Waals surface area contributed by atoms with Gasteiger partial charge in [0.1, 0.15) is 17.0 Å².